The summed E-state index contributed by atoms with van der Waals surface area (Å²) in [5.74, 6) is -0.461. The molecular weight excluding hydrogens is 331 g/mol. The molecule has 16 heavy (non-hydrogen) atoms. The van der Waals surface area contributed by atoms with Crippen LogP contribution in [0.1, 0.15) is 24.6 Å². The van der Waals surface area contributed by atoms with Gasteiger partial charge in [-0.05, 0) is 41.6 Å². The van der Waals surface area contributed by atoms with Crippen molar-refractivity contribution < 1.29 is 18.3 Å². The van der Waals surface area contributed by atoms with Crippen molar-refractivity contribution in [2.75, 3.05) is 6.61 Å². The Morgan fingerprint density at radius 3 is 2.81 bits per heavy atom. The van der Waals surface area contributed by atoms with Gasteiger partial charge in [-0.1, -0.05) is 0 Å². The maximum atomic E-state index is 12.5. The van der Waals surface area contributed by atoms with E-state index in [1.165, 1.54) is 12.1 Å². The second-order valence-corrected chi connectivity index (χ2v) is 4.10. The van der Waals surface area contributed by atoms with Crippen LogP contribution in [-0.2, 0) is 16.0 Å². The van der Waals surface area contributed by atoms with Gasteiger partial charge in [0, 0.05) is 5.56 Å². The molecule has 0 radical (unpaired) electrons. The van der Waals surface area contributed by atoms with E-state index in [0.29, 0.717) is 9.39 Å². The molecule has 0 saturated heterocycles. The third-order valence-electron chi connectivity index (χ3n) is 1.75. The Morgan fingerprint density at radius 1 is 1.56 bits per heavy atom. The Bertz CT molecular complexity index is 385. The highest BCUT2D eigenvalue weighted by atomic mass is 127. The first-order chi connectivity index (χ1) is 7.52. The topological polar surface area (TPSA) is 39.2 Å². The molecule has 0 atom stereocenters. The van der Waals surface area contributed by atoms with Crippen LogP contribution in [-0.4, -0.2) is 17.6 Å². The summed E-state index contributed by atoms with van der Waals surface area (Å²) in [6, 6.07) is 2.52. The maximum Gasteiger partial charge on any atom is 0.311 e. The Morgan fingerprint density at radius 2 is 2.25 bits per heavy atom. The van der Waals surface area contributed by atoms with Crippen molar-refractivity contribution in [3.63, 3.8) is 0 Å². The monoisotopic (exact) mass is 341 g/mol. The lowest BCUT2D eigenvalue weighted by Crippen LogP contribution is -2.09. The molecule has 0 fully saturated rings. The fraction of sp³-hybridized carbons (Fsp3) is 0.400. The van der Waals surface area contributed by atoms with Gasteiger partial charge in [0.25, 0.3) is 6.43 Å². The molecule has 0 aliphatic heterocycles. The molecule has 0 amide bonds. The van der Waals surface area contributed by atoms with Gasteiger partial charge in [0.1, 0.15) is 3.70 Å². The molecule has 88 valence electrons. The van der Waals surface area contributed by atoms with Crippen LogP contribution in [0.15, 0.2) is 12.1 Å². The molecule has 1 aromatic rings. The summed E-state index contributed by atoms with van der Waals surface area (Å²) < 4.78 is 30.1. The normalized spacial score (nSPS) is 10.6. The smallest absolute Gasteiger partial charge is 0.311 e. The Labute approximate surface area is 105 Å². The van der Waals surface area contributed by atoms with Gasteiger partial charge in [-0.15, -0.1) is 0 Å². The molecule has 0 aromatic carbocycles. The number of alkyl halides is 2. The van der Waals surface area contributed by atoms with Gasteiger partial charge >= 0.3 is 5.97 Å². The molecule has 1 heterocycles. The maximum absolute atomic E-state index is 12.5. The Hall–Kier alpha value is -0.790. The van der Waals surface area contributed by atoms with Crippen molar-refractivity contribution in [2.24, 2.45) is 0 Å². The molecule has 6 heteroatoms. The highest BCUT2D eigenvalue weighted by Crippen LogP contribution is 2.21. The van der Waals surface area contributed by atoms with Crippen LogP contribution < -0.4 is 0 Å². The van der Waals surface area contributed by atoms with Gasteiger partial charge in [-0.2, -0.15) is 0 Å². The van der Waals surface area contributed by atoms with Crippen molar-refractivity contribution in [1.29, 1.82) is 0 Å². The number of pyridine rings is 1. The fourth-order valence-electron chi connectivity index (χ4n) is 1.15. The first-order valence-corrected chi connectivity index (χ1v) is 5.71. The van der Waals surface area contributed by atoms with E-state index in [2.05, 4.69) is 4.98 Å². The number of carbonyl (C=O) groups is 1. The zero-order valence-electron chi connectivity index (χ0n) is 8.54. The van der Waals surface area contributed by atoms with Crippen LogP contribution >= 0.6 is 22.6 Å². The summed E-state index contributed by atoms with van der Waals surface area (Å²) in [6.07, 6.45) is -2.64. The van der Waals surface area contributed by atoms with Crippen LogP contribution in [0.3, 0.4) is 0 Å². The fourth-order valence-corrected chi connectivity index (χ4v) is 1.82. The van der Waals surface area contributed by atoms with Crippen molar-refractivity contribution in [3.05, 3.63) is 27.1 Å². The minimum absolute atomic E-state index is 0.0790. The van der Waals surface area contributed by atoms with E-state index in [1.54, 1.807) is 6.92 Å². The molecular formula is C10H10F2INO2. The number of aromatic nitrogens is 1. The number of carbonyl (C=O) groups excluding carboxylic acids is 1. The third kappa shape index (κ3) is 3.99. The predicted octanol–water partition coefficient (Wildman–Crippen LogP) is 2.73. The minimum Gasteiger partial charge on any atom is -0.466 e. The highest BCUT2D eigenvalue weighted by molar-refractivity contribution is 14.1. The van der Waals surface area contributed by atoms with Crippen molar-refractivity contribution in [1.82, 2.24) is 4.98 Å². The number of halogens is 3. The van der Waals surface area contributed by atoms with Crippen LogP contribution in [0, 0.1) is 3.70 Å². The van der Waals surface area contributed by atoms with E-state index in [1.807, 2.05) is 22.6 Å². The molecule has 3 nitrogen and oxygen atoms in total. The van der Waals surface area contributed by atoms with Gasteiger partial charge in [0.15, 0.2) is 0 Å². The zero-order chi connectivity index (χ0) is 12.1. The van der Waals surface area contributed by atoms with E-state index in [9.17, 15) is 13.6 Å². The third-order valence-corrected chi connectivity index (χ3v) is 2.30. The average molecular weight is 341 g/mol. The van der Waals surface area contributed by atoms with Crippen molar-refractivity contribution >= 4 is 28.6 Å². The van der Waals surface area contributed by atoms with Crippen molar-refractivity contribution in [2.45, 2.75) is 19.8 Å². The van der Waals surface area contributed by atoms with Crippen molar-refractivity contribution in [3.8, 4) is 0 Å². The Balaban J connectivity index is 2.84. The van der Waals surface area contributed by atoms with Crippen LogP contribution in [0.25, 0.3) is 0 Å². The lowest BCUT2D eigenvalue weighted by atomic mass is 10.2. The van der Waals surface area contributed by atoms with E-state index in [4.69, 9.17) is 4.74 Å². The molecule has 0 unspecified atom stereocenters. The van der Waals surface area contributed by atoms with E-state index in [-0.39, 0.29) is 18.6 Å². The quantitative estimate of drug-likeness (QED) is 0.480. The lowest BCUT2D eigenvalue weighted by Gasteiger charge is -2.05. The number of nitrogens with zero attached hydrogens (tertiary/aromatic N) is 1. The molecule has 0 aliphatic rings. The van der Waals surface area contributed by atoms with Gasteiger partial charge in [-0.25, -0.2) is 13.8 Å². The minimum atomic E-state index is -2.56. The molecule has 0 bridgehead atoms. The number of rotatable bonds is 4. The summed E-state index contributed by atoms with van der Waals surface area (Å²) in [5.41, 5.74) is 0.180. The zero-order valence-corrected chi connectivity index (χ0v) is 10.7. The van der Waals surface area contributed by atoms with E-state index < -0.39 is 12.4 Å². The molecule has 0 spiro atoms. The second-order valence-electron chi connectivity index (χ2n) is 3.00. The summed E-state index contributed by atoms with van der Waals surface area (Å²) in [5, 5.41) is 0. The largest absolute Gasteiger partial charge is 0.466 e. The van der Waals surface area contributed by atoms with Crippen LogP contribution in [0.5, 0.6) is 0 Å². The van der Waals surface area contributed by atoms with Gasteiger partial charge < -0.3 is 4.74 Å². The highest BCUT2D eigenvalue weighted by Gasteiger charge is 2.12. The first kappa shape index (κ1) is 13.3. The first-order valence-electron chi connectivity index (χ1n) is 4.63. The van der Waals surface area contributed by atoms with Gasteiger partial charge in [0.05, 0.1) is 18.7 Å². The molecule has 0 saturated carbocycles. The number of esters is 1. The van der Waals surface area contributed by atoms with Gasteiger partial charge in [0.2, 0.25) is 0 Å². The summed E-state index contributed by atoms with van der Waals surface area (Å²) >= 11 is 1.84. The number of hydrogen-bond donors (Lipinski definition) is 0. The number of ether oxygens (including phenoxy) is 1. The molecule has 1 rings (SSSR count). The SMILES string of the molecule is CCOC(=O)Cc1cc(C(F)F)cc(I)n1. The summed E-state index contributed by atoms with van der Waals surface area (Å²) in [7, 11) is 0. The standard InChI is InChI=1S/C10H10F2INO2/c1-2-16-9(15)5-7-3-6(10(11)12)4-8(13)14-7/h3-4,10H,2,5H2,1H3. The predicted molar refractivity (Wildman–Crippen MR) is 62.2 cm³/mol. The summed E-state index contributed by atoms with van der Waals surface area (Å²) in [6.45, 7) is 1.95. The van der Waals surface area contributed by atoms with Gasteiger partial charge in [-0.3, -0.25) is 4.79 Å². The lowest BCUT2D eigenvalue weighted by molar-refractivity contribution is -0.142. The average Bonchev–Trinajstić information content (AvgIpc) is 2.16. The van der Waals surface area contributed by atoms with Crippen LogP contribution in [0.4, 0.5) is 8.78 Å². The van der Waals surface area contributed by atoms with E-state index in [0.717, 1.165) is 0 Å². The second kappa shape index (κ2) is 6.07. The van der Waals surface area contributed by atoms with E-state index >= 15 is 0 Å². The molecule has 0 aliphatic carbocycles. The summed E-state index contributed by atoms with van der Waals surface area (Å²) in [4.78, 5) is 15.1. The number of hydrogen-bond acceptors (Lipinski definition) is 3. The molecule has 1 aromatic heterocycles. The van der Waals surface area contributed by atoms with Crippen LogP contribution in [0.2, 0.25) is 0 Å². The molecule has 0 N–H and O–H groups in total. The Kier molecular flexibility index (Phi) is 5.04.